The lowest BCUT2D eigenvalue weighted by molar-refractivity contribution is 0.0633. The summed E-state index contributed by atoms with van der Waals surface area (Å²) in [5, 5.41) is 0. The van der Waals surface area contributed by atoms with Crippen molar-refractivity contribution in [1.82, 2.24) is 4.90 Å². The first-order valence-electron chi connectivity index (χ1n) is 8.32. The second-order valence-electron chi connectivity index (χ2n) is 6.10. The summed E-state index contributed by atoms with van der Waals surface area (Å²) >= 11 is 0. The van der Waals surface area contributed by atoms with Crippen LogP contribution < -0.4 is 4.74 Å². The molecule has 3 nitrogen and oxygen atoms in total. The van der Waals surface area contributed by atoms with Crippen LogP contribution in [0, 0.1) is 0 Å². The van der Waals surface area contributed by atoms with Gasteiger partial charge in [-0.15, -0.1) is 0 Å². The van der Waals surface area contributed by atoms with Gasteiger partial charge in [0.2, 0.25) is 0 Å². The van der Waals surface area contributed by atoms with Gasteiger partial charge in [0.15, 0.2) is 0 Å². The number of rotatable bonds is 4. The maximum absolute atomic E-state index is 12.9. The van der Waals surface area contributed by atoms with Gasteiger partial charge in [-0.2, -0.15) is 0 Å². The van der Waals surface area contributed by atoms with E-state index in [2.05, 4.69) is 6.92 Å². The Morgan fingerprint density at radius 1 is 1.09 bits per heavy atom. The lowest BCUT2D eigenvalue weighted by Gasteiger charge is -2.34. The molecule has 2 aromatic rings. The first-order chi connectivity index (χ1) is 11.3. The van der Waals surface area contributed by atoms with Crippen LogP contribution in [-0.4, -0.2) is 23.4 Å². The SMILES string of the molecule is CC1CCCCN1C(=O)c1ccccc1COc1ccccc1. The molecular weight excluding hydrogens is 286 g/mol. The molecule has 1 aliphatic heterocycles. The van der Waals surface area contributed by atoms with Gasteiger partial charge in [0.1, 0.15) is 12.4 Å². The van der Waals surface area contributed by atoms with Crippen molar-refractivity contribution in [1.29, 1.82) is 0 Å². The summed E-state index contributed by atoms with van der Waals surface area (Å²) in [6, 6.07) is 17.8. The predicted octanol–water partition coefficient (Wildman–Crippen LogP) is 4.28. The minimum absolute atomic E-state index is 0.129. The van der Waals surface area contributed by atoms with E-state index >= 15 is 0 Å². The summed E-state index contributed by atoms with van der Waals surface area (Å²) in [4.78, 5) is 14.9. The molecule has 23 heavy (non-hydrogen) atoms. The Hall–Kier alpha value is -2.29. The normalized spacial score (nSPS) is 17.8. The minimum atomic E-state index is 0.129. The number of benzene rings is 2. The summed E-state index contributed by atoms with van der Waals surface area (Å²) < 4.78 is 5.83. The Bertz CT molecular complexity index is 654. The van der Waals surface area contributed by atoms with Gasteiger partial charge < -0.3 is 9.64 Å². The molecule has 0 radical (unpaired) electrons. The van der Waals surface area contributed by atoms with E-state index in [0.29, 0.717) is 12.6 Å². The van der Waals surface area contributed by atoms with Crippen LogP contribution in [0.4, 0.5) is 0 Å². The molecule has 0 N–H and O–H groups in total. The molecule has 1 aliphatic rings. The molecule has 3 heteroatoms. The Morgan fingerprint density at radius 3 is 2.61 bits per heavy atom. The summed E-state index contributed by atoms with van der Waals surface area (Å²) in [7, 11) is 0. The lowest BCUT2D eigenvalue weighted by Crippen LogP contribution is -2.42. The highest BCUT2D eigenvalue weighted by Gasteiger charge is 2.25. The Morgan fingerprint density at radius 2 is 1.83 bits per heavy atom. The van der Waals surface area contributed by atoms with E-state index in [0.717, 1.165) is 36.3 Å². The molecule has 1 unspecified atom stereocenters. The molecule has 1 atom stereocenters. The van der Waals surface area contributed by atoms with Gasteiger partial charge in [-0.05, 0) is 44.4 Å². The van der Waals surface area contributed by atoms with Gasteiger partial charge in [-0.3, -0.25) is 4.79 Å². The van der Waals surface area contributed by atoms with Gasteiger partial charge in [-0.1, -0.05) is 36.4 Å². The first-order valence-corrected chi connectivity index (χ1v) is 8.32. The van der Waals surface area contributed by atoms with Crippen molar-refractivity contribution in [3.05, 3.63) is 65.7 Å². The maximum atomic E-state index is 12.9. The van der Waals surface area contributed by atoms with E-state index in [1.807, 2.05) is 59.5 Å². The van der Waals surface area contributed by atoms with Gasteiger partial charge >= 0.3 is 0 Å². The standard InChI is InChI=1S/C20H23NO2/c1-16-9-7-8-14-21(16)20(22)19-13-6-5-10-17(19)15-23-18-11-3-2-4-12-18/h2-6,10-13,16H,7-9,14-15H2,1H3. The zero-order valence-corrected chi connectivity index (χ0v) is 13.6. The number of piperidine rings is 1. The molecule has 0 aliphatic carbocycles. The zero-order chi connectivity index (χ0) is 16.1. The number of hydrogen-bond donors (Lipinski definition) is 0. The van der Waals surface area contributed by atoms with E-state index in [9.17, 15) is 4.79 Å². The van der Waals surface area contributed by atoms with E-state index in [-0.39, 0.29) is 5.91 Å². The monoisotopic (exact) mass is 309 g/mol. The van der Waals surface area contributed by atoms with E-state index in [4.69, 9.17) is 4.74 Å². The highest BCUT2D eigenvalue weighted by atomic mass is 16.5. The number of ether oxygens (including phenoxy) is 1. The molecule has 0 spiro atoms. The molecule has 0 saturated carbocycles. The second-order valence-corrected chi connectivity index (χ2v) is 6.10. The molecule has 2 aromatic carbocycles. The van der Waals surface area contributed by atoms with Crippen molar-refractivity contribution in [2.45, 2.75) is 38.8 Å². The van der Waals surface area contributed by atoms with Crippen molar-refractivity contribution in [3.8, 4) is 5.75 Å². The molecule has 1 fully saturated rings. The smallest absolute Gasteiger partial charge is 0.254 e. The summed E-state index contributed by atoms with van der Waals surface area (Å²) in [5.41, 5.74) is 1.70. The molecule has 1 saturated heterocycles. The van der Waals surface area contributed by atoms with E-state index in [1.165, 1.54) is 6.42 Å². The van der Waals surface area contributed by atoms with Crippen LogP contribution in [0.15, 0.2) is 54.6 Å². The number of para-hydroxylation sites is 1. The Kier molecular flexibility index (Phi) is 4.96. The lowest BCUT2D eigenvalue weighted by atomic mass is 10.0. The quantitative estimate of drug-likeness (QED) is 0.843. The maximum Gasteiger partial charge on any atom is 0.254 e. The van der Waals surface area contributed by atoms with Crippen molar-refractivity contribution in [2.75, 3.05) is 6.54 Å². The highest BCUT2D eigenvalue weighted by molar-refractivity contribution is 5.96. The molecule has 0 aromatic heterocycles. The predicted molar refractivity (Wildman–Crippen MR) is 91.6 cm³/mol. The third-order valence-corrected chi connectivity index (χ3v) is 4.45. The molecular formula is C20H23NO2. The van der Waals surface area contributed by atoms with Crippen molar-refractivity contribution < 1.29 is 9.53 Å². The second kappa shape index (κ2) is 7.32. The summed E-state index contributed by atoms with van der Waals surface area (Å²) in [5.74, 6) is 0.950. The highest BCUT2D eigenvalue weighted by Crippen LogP contribution is 2.22. The summed E-state index contributed by atoms with van der Waals surface area (Å²) in [6.45, 7) is 3.40. The van der Waals surface area contributed by atoms with Gasteiger partial charge in [-0.25, -0.2) is 0 Å². The van der Waals surface area contributed by atoms with Crippen LogP contribution >= 0.6 is 0 Å². The third-order valence-electron chi connectivity index (χ3n) is 4.45. The number of carbonyl (C=O) groups excluding carboxylic acids is 1. The van der Waals surface area contributed by atoms with Crippen LogP contribution in [0.3, 0.4) is 0 Å². The topological polar surface area (TPSA) is 29.5 Å². The van der Waals surface area contributed by atoms with Crippen molar-refractivity contribution >= 4 is 5.91 Å². The van der Waals surface area contributed by atoms with Crippen LogP contribution in [0.1, 0.15) is 42.1 Å². The summed E-state index contributed by atoms with van der Waals surface area (Å²) in [6.07, 6.45) is 3.40. The molecule has 0 bridgehead atoms. The number of hydrogen-bond acceptors (Lipinski definition) is 2. The Balaban J connectivity index is 1.76. The minimum Gasteiger partial charge on any atom is -0.489 e. The Labute approximate surface area is 137 Å². The van der Waals surface area contributed by atoms with Crippen LogP contribution in [0.25, 0.3) is 0 Å². The number of likely N-dealkylation sites (tertiary alicyclic amines) is 1. The fraction of sp³-hybridized carbons (Fsp3) is 0.350. The zero-order valence-electron chi connectivity index (χ0n) is 13.6. The van der Waals surface area contributed by atoms with E-state index in [1.54, 1.807) is 0 Å². The van der Waals surface area contributed by atoms with Crippen LogP contribution in [-0.2, 0) is 6.61 Å². The average Bonchev–Trinajstić information content (AvgIpc) is 2.61. The van der Waals surface area contributed by atoms with Gasteiger partial charge in [0, 0.05) is 23.7 Å². The fourth-order valence-electron chi connectivity index (χ4n) is 3.09. The van der Waals surface area contributed by atoms with Gasteiger partial charge in [0.25, 0.3) is 5.91 Å². The van der Waals surface area contributed by atoms with Crippen molar-refractivity contribution in [2.24, 2.45) is 0 Å². The number of nitrogens with zero attached hydrogens (tertiary/aromatic N) is 1. The molecule has 1 heterocycles. The van der Waals surface area contributed by atoms with Gasteiger partial charge in [0.05, 0.1) is 0 Å². The largest absolute Gasteiger partial charge is 0.489 e. The van der Waals surface area contributed by atoms with E-state index < -0.39 is 0 Å². The number of carbonyl (C=O) groups is 1. The van der Waals surface area contributed by atoms with Crippen LogP contribution in [0.5, 0.6) is 5.75 Å². The first kappa shape index (κ1) is 15.6. The van der Waals surface area contributed by atoms with Crippen LogP contribution in [0.2, 0.25) is 0 Å². The fourth-order valence-corrected chi connectivity index (χ4v) is 3.09. The third kappa shape index (κ3) is 3.73. The number of amides is 1. The average molecular weight is 309 g/mol. The molecule has 120 valence electrons. The molecule has 3 rings (SSSR count). The molecule has 1 amide bonds. The van der Waals surface area contributed by atoms with Crippen molar-refractivity contribution in [3.63, 3.8) is 0 Å².